The van der Waals surface area contributed by atoms with Crippen molar-refractivity contribution in [3.05, 3.63) is 53.6 Å². The highest BCUT2D eigenvalue weighted by molar-refractivity contribution is 6.31. The van der Waals surface area contributed by atoms with E-state index in [0.717, 1.165) is 11.1 Å². The normalized spacial score (nSPS) is 10.1. The average molecular weight is 208 g/mol. The Balaban J connectivity index is 2.48. The van der Waals surface area contributed by atoms with Crippen LogP contribution in [0.15, 0.2) is 42.7 Å². The van der Waals surface area contributed by atoms with Gasteiger partial charge in [0.25, 0.3) is 0 Å². The minimum Gasteiger partial charge on any atom is -0.265 e. The molecule has 1 aromatic carbocycles. The van der Waals surface area contributed by atoms with Gasteiger partial charge in [-0.2, -0.15) is 0 Å². The molecular formula is C11H7ClFN. The number of benzene rings is 1. The van der Waals surface area contributed by atoms with Gasteiger partial charge >= 0.3 is 0 Å². The van der Waals surface area contributed by atoms with Crippen molar-refractivity contribution in [2.24, 2.45) is 0 Å². The minimum absolute atomic E-state index is 0.138. The summed E-state index contributed by atoms with van der Waals surface area (Å²) in [6.07, 6.45) is 3.37. The molecule has 0 N–H and O–H groups in total. The van der Waals surface area contributed by atoms with Gasteiger partial charge in [-0.25, -0.2) is 4.39 Å². The fraction of sp³-hybridized carbons (Fsp3) is 0. The summed E-state index contributed by atoms with van der Waals surface area (Å²) in [6, 6.07) is 8.36. The first-order valence-electron chi connectivity index (χ1n) is 4.13. The third-order valence-corrected chi connectivity index (χ3v) is 2.22. The van der Waals surface area contributed by atoms with Gasteiger partial charge in [-0.05, 0) is 35.4 Å². The van der Waals surface area contributed by atoms with Gasteiger partial charge in [0.2, 0.25) is 0 Å². The minimum atomic E-state index is -0.399. The lowest BCUT2D eigenvalue weighted by Crippen LogP contribution is -1.81. The maximum absolute atomic E-state index is 12.9. The van der Waals surface area contributed by atoms with E-state index in [9.17, 15) is 4.39 Å². The van der Waals surface area contributed by atoms with Crippen molar-refractivity contribution in [2.45, 2.75) is 0 Å². The topological polar surface area (TPSA) is 12.9 Å². The largest absolute Gasteiger partial charge is 0.265 e. The van der Waals surface area contributed by atoms with Crippen LogP contribution >= 0.6 is 11.6 Å². The first-order valence-corrected chi connectivity index (χ1v) is 4.50. The lowest BCUT2D eigenvalue weighted by molar-refractivity contribution is 0.628. The summed E-state index contributed by atoms with van der Waals surface area (Å²) in [7, 11) is 0. The lowest BCUT2D eigenvalue weighted by Gasteiger charge is -2.01. The van der Waals surface area contributed by atoms with Gasteiger partial charge in [0.05, 0.1) is 5.02 Å². The zero-order valence-electron chi connectivity index (χ0n) is 7.24. The number of halogens is 2. The first kappa shape index (κ1) is 9.16. The smallest absolute Gasteiger partial charge is 0.141 e. The molecule has 0 aliphatic heterocycles. The van der Waals surface area contributed by atoms with Crippen molar-refractivity contribution >= 4 is 11.6 Å². The molecule has 2 aromatic rings. The Hall–Kier alpha value is -1.41. The van der Waals surface area contributed by atoms with Crippen LogP contribution in [0.4, 0.5) is 4.39 Å². The molecule has 1 nitrogen and oxygen atoms in total. The van der Waals surface area contributed by atoms with E-state index in [1.807, 2.05) is 12.1 Å². The van der Waals surface area contributed by atoms with Gasteiger partial charge in [0.15, 0.2) is 0 Å². The van der Waals surface area contributed by atoms with Crippen LogP contribution in [0.1, 0.15) is 0 Å². The molecule has 14 heavy (non-hydrogen) atoms. The van der Waals surface area contributed by atoms with E-state index in [0.29, 0.717) is 0 Å². The van der Waals surface area contributed by atoms with Crippen LogP contribution in [-0.4, -0.2) is 4.98 Å². The summed E-state index contributed by atoms with van der Waals surface area (Å²) in [4.78, 5) is 3.90. The highest BCUT2D eigenvalue weighted by Crippen LogP contribution is 2.23. The predicted octanol–water partition coefficient (Wildman–Crippen LogP) is 3.54. The molecule has 0 atom stereocenters. The molecule has 1 aromatic heterocycles. The van der Waals surface area contributed by atoms with E-state index in [-0.39, 0.29) is 5.02 Å². The summed E-state index contributed by atoms with van der Waals surface area (Å²) in [5.74, 6) is -0.399. The second kappa shape index (κ2) is 3.76. The number of hydrogen-bond acceptors (Lipinski definition) is 1. The molecule has 0 radical (unpaired) electrons. The molecule has 2 rings (SSSR count). The number of nitrogens with zero attached hydrogens (tertiary/aromatic N) is 1. The number of hydrogen-bond donors (Lipinski definition) is 0. The zero-order chi connectivity index (χ0) is 9.97. The Kier molecular flexibility index (Phi) is 2.46. The van der Waals surface area contributed by atoms with Gasteiger partial charge in [0, 0.05) is 12.4 Å². The molecule has 0 saturated heterocycles. The fourth-order valence-electron chi connectivity index (χ4n) is 1.22. The predicted molar refractivity (Wildman–Crippen MR) is 54.6 cm³/mol. The molecule has 0 fully saturated rings. The molecule has 0 bridgehead atoms. The first-order chi connectivity index (χ1) is 6.77. The second-order valence-electron chi connectivity index (χ2n) is 2.86. The van der Waals surface area contributed by atoms with Gasteiger partial charge in [0.1, 0.15) is 5.82 Å². The molecule has 0 aliphatic carbocycles. The molecular weight excluding hydrogens is 201 g/mol. The van der Waals surface area contributed by atoms with E-state index >= 15 is 0 Å². The summed E-state index contributed by atoms with van der Waals surface area (Å²) in [5.41, 5.74) is 1.86. The van der Waals surface area contributed by atoms with E-state index in [1.165, 1.54) is 6.07 Å². The maximum atomic E-state index is 12.9. The van der Waals surface area contributed by atoms with Gasteiger partial charge in [-0.1, -0.05) is 17.7 Å². The van der Waals surface area contributed by atoms with Crippen LogP contribution in [0, 0.1) is 5.82 Å². The van der Waals surface area contributed by atoms with Gasteiger partial charge in [-0.15, -0.1) is 0 Å². The Morgan fingerprint density at radius 3 is 2.36 bits per heavy atom. The maximum Gasteiger partial charge on any atom is 0.141 e. The van der Waals surface area contributed by atoms with Crippen molar-refractivity contribution in [3.63, 3.8) is 0 Å². The number of rotatable bonds is 1. The summed E-state index contributed by atoms with van der Waals surface area (Å²) in [5, 5.41) is 0.138. The van der Waals surface area contributed by atoms with Gasteiger partial charge in [-0.3, -0.25) is 4.98 Å². The van der Waals surface area contributed by atoms with Crippen LogP contribution in [-0.2, 0) is 0 Å². The molecule has 0 amide bonds. The highest BCUT2D eigenvalue weighted by Gasteiger charge is 2.01. The zero-order valence-corrected chi connectivity index (χ0v) is 8.00. The van der Waals surface area contributed by atoms with Crippen molar-refractivity contribution in [1.29, 1.82) is 0 Å². The average Bonchev–Trinajstić information content (AvgIpc) is 2.23. The van der Waals surface area contributed by atoms with Crippen LogP contribution < -0.4 is 0 Å². The van der Waals surface area contributed by atoms with Crippen molar-refractivity contribution in [2.75, 3.05) is 0 Å². The molecule has 0 spiro atoms. The summed E-state index contributed by atoms with van der Waals surface area (Å²) >= 11 is 5.67. The molecule has 1 heterocycles. The van der Waals surface area contributed by atoms with E-state index in [2.05, 4.69) is 4.98 Å². The van der Waals surface area contributed by atoms with Crippen LogP contribution in [0.5, 0.6) is 0 Å². The van der Waals surface area contributed by atoms with E-state index in [1.54, 1.807) is 24.5 Å². The van der Waals surface area contributed by atoms with E-state index < -0.39 is 5.82 Å². The highest BCUT2D eigenvalue weighted by atomic mass is 35.5. The quantitative estimate of drug-likeness (QED) is 0.697. The Labute approximate surface area is 86.2 Å². The molecule has 70 valence electrons. The molecule has 0 unspecified atom stereocenters. The number of pyridine rings is 1. The van der Waals surface area contributed by atoms with Crippen LogP contribution in [0.3, 0.4) is 0 Å². The van der Waals surface area contributed by atoms with Gasteiger partial charge < -0.3 is 0 Å². The van der Waals surface area contributed by atoms with Crippen molar-refractivity contribution in [1.82, 2.24) is 4.98 Å². The van der Waals surface area contributed by atoms with Crippen LogP contribution in [0.25, 0.3) is 11.1 Å². The Morgan fingerprint density at radius 2 is 1.71 bits per heavy atom. The van der Waals surface area contributed by atoms with Crippen molar-refractivity contribution in [3.8, 4) is 11.1 Å². The standard InChI is InChI=1S/C11H7ClFN/c12-10-7-9(1-2-11(10)13)8-3-5-14-6-4-8/h1-7H. The van der Waals surface area contributed by atoms with Crippen LogP contribution in [0.2, 0.25) is 5.02 Å². The van der Waals surface area contributed by atoms with E-state index in [4.69, 9.17) is 11.6 Å². The SMILES string of the molecule is Fc1ccc(-c2ccncc2)cc1Cl. The summed E-state index contributed by atoms with van der Waals surface area (Å²) in [6.45, 7) is 0. The third-order valence-electron chi connectivity index (χ3n) is 1.93. The Morgan fingerprint density at radius 1 is 1.00 bits per heavy atom. The third kappa shape index (κ3) is 1.75. The monoisotopic (exact) mass is 207 g/mol. The fourth-order valence-corrected chi connectivity index (χ4v) is 1.40. The van der Waals surface area contributed by atoms with Crippen molar-refractivity contribution < 1.29 is 4.39 Å². The summed E-state index contributed by atoms with van der Waals surface area (Å²) < 4.78 is 12.9. The lowest BCUT2D eigenvalue weighted by atomic mass is 10.1. The number of aromatic nitrogens is 1. The molecule has 3 heteroatoms. The molecule has 0 aliphatic rings. The second-order valence-corrected chi connectivity index (χ2v) is 3.27. The Bertz CT molecular complexity index is 442. The molecule has 0 saturated carbocycles.